The van der Waals surface area contributed by atoms with Crippen LogP contribution in [0.2, 0.25) is 5.02 Å². The summed E-state index contributed by atoms with van der Waals surface area (Å²) in [6.45, 7) is 1.70. The minimum Gasteiger partial charge on any atom is -0.493 e. The molecule has 0 aliphatic carbocycles. The summed E-state index contributed by atoms with van der Waals surface area (Å²) in [7, 11) is 2.90. The number of fused-ring (bicyclic) bond motifs is 1. The highest BCUT2D eigenvalue weighted by atomic mass is 35.5. The van der Waals surface area contributed by atoms with Crippen LogP contribution < -0.4 is 15.0 Å². The molecule has 0 fully saturated rings. The summed E-state index contributed by atoms with van der Waals surface area (Å²) in [5.41, 5.74) is 1.18. The summed E-state index contributed by atoms with van der Waals surface area (Å²) >= 11 is 7.44. The molecule has 0 radical (unpaired) electrons. The molecule has 0 aliphatic rings. The van der Waals surface area contributed by atoms with Crippen LogP contribution in [-0.4, -0.2) is 29.6 Å². The first-order valence-electron chi connectivity index (χ1n) is 7.50. The third-order valence-electron chi connectivity index (χ3n) is 3.65. The minimum absolute atomic E-state index is 0.131. The van der Waals surface area contributed by atoms with Crippen molar-refractivity contribution in [3.8, 4) is 11.5 Å². The molecule has 0 aliphatic heterocycles. The molecule has 0 unspecified atom stereocenters. The zero-order valence-corrected chi connectivity index (χ0v) is 15.8. The zero-order valence-electron chi connectivity index (χ0n) is 14.2. The van der Waals surface area contributed by atoms with Crippen LogP contribution in [0.1, 0.15) is 21.7 Å². The molecule has 0 bridgehead atoms. The van der Waals surface area contributed by atoms with E-state index in [1.54, 1.807) is 0 Å². The highest BCUT2D eigenvalue weighted by molar-refractivity contribution is 7.15. The number of aryl methyl sites for hydroxylation is 1. The molecule has 0 amide bonds. The van der Waals surface area contributed by atoms with Crippen molar-refractivity contribution in [1.29, 1.82) is 0 Å². The second kappa shape index (κ2) is 7.35. The van der Waals surface area contributed by atoms with Gasteiger partial charge in [-0.2, -0.15) is 0 Å². The summed E-state index contributed by atoms with van der Waals surface area (Å²) in [4.78, 5) is 29.3. The number of thiazole rings is 1. The van der Waals surface area contributed by atoms with Gasteiger partial charge < -0.3 is 14.2 Å². The number of methoxy groups -OCH3 is 2. The van der Waals surface area contributed by atoms with Crippen molar-refractivity contribution >= 4 is 33.9 Å². The predicted molar refractivity (Wildman–Crippen MR) is 97.8 cm³/mol. The van der Waals surface area contributed by atoms with Crippen LogP contribution in [0.15, 0.2) is 28.4 Å². The van der Waals surface area contributed by atoms with E-state index in [4.69, 9.17) is 25.8 Å². The Hall–Kier alpha value is -2.58. The lowest BCUT2D eigenvalue weighted by Gasteiger charge is -2.11. The van der Waals surface area contributed by atoms with Gasteiger partial charge >= 0.3 is 5.97 Å². The Labute approximate surface area is 157 Å². The summed E-state index contributed by atoms with van der Waals surface area (Å²) in [5.74, 6) is 0.0370. The summed E-state index contributed by atoms with van der Waals surface area (Å²) < 4.78 is 17.1. The maximum Gasteiger partial charge on any atom is 0.338 e. The lowest BCUT2D eigenvalue weighted by Crippen LogP contribution is -2.16. The Bertz CT molecular complexity index is 1040. The Morgan fingerprint density at radius 1 is 1.27 bits per heavy atom. The van der Waals surface area contributed by atoms with Gasteiger partial charge in [-0.15, -0.1) is 11.3 Å². The molecule has 0 saturated heterocycles. The Morgan fingerprint density at radius 2 is 2.04 bits per heavy atom. The molecule has 2 heterocycles. The second-order valence-electron chi connectivity index (χ2n) is 5.35. The molecule has 3 rings (SSSR count). The Kier molecular flexibility index (Phi) is 5.15. The number of rotatable bonds is 5. The SMILES string of the molecule is COc1cc(C(=O)OCc2cc(=O)n3c(C)csc3n2)cc(Cl)c1OC. The average Bonchev–Trinajstić information content (AvgIpc) is 3.00. The van der Waals surface area contributed by atoms with Crippen LogP contribution in [0.5, 0.6) is 11.5 Å². The quantitative estimate of drug-likeness (QED) is 0.619. The van der Waals surface area contributed by atoms with Crippen LogP contribution in [0, 0.1) is 6.92 Å². The summed E-state index contributed by atoms with van der Waals surface area (Å²) in [6, 6.07) is 4.25. The molecule has 2 aromatic heterocycles. The lowest BCUT2D eigenvalue weighted by molar-refractivity contribution is 0.0467. The van der Waals surface area contributed by atoms with Crippen molar-refractivity contribution < 1.29 is 19.0 Å². The first-order chi connectivity index (χ1) is 12.4. The third-order valence-corrected chi connectivity index (χ3v) is 4.87. The predicted octanol–water partition coefficient (Wildman–Crippen LogP) is 3.09. The second-order valence-corrected chi connectivity index (χ2v) is 6.59. The van der Waals surface area contributed by atoms with Crippen LogP contribution in [0.3, 0.4) is 0 Å². The van der Waals surface area contributed by atoms with Gasteiger partial charge in [-0.25, -0.2) is 9.78 Å². The molecule has 136 valence electrons. The number of esters is 1. The fourth-order valence-corrected chi connectivity index (χ4v) is 3.61. The van der Waals surface area contributed by atoms with E-state index >= 15 is 0 Å². The number of benzene rings is 1. The number of carbonyl (C=O) groups is 1. The standard InChI is InChI=1S/C17H15ClN2O5S/c1-9-8-26-17-19-11(6-14(21)20(9)17)7-25-16(22)10-4-12(18)15(24-3)13(5-10)23-2/h4-6,8H,7H2,1-3H3. The largest absolute Gasteiger partial charge is 0.493 e. The molecule has 26 heavy (non-hydrogen) atoms. The van der Waals surface area contributed by atoms with Crippen LogP contribution in [-0.2, 0) is 11.3 Å². The highest BCUT2D eigenvalue weighted by Crippen LogP contribution is 2.36. The van der Waals surface area contributed by atoms with E-state index in [0.29, 0.717) is 22.2 Å². The zero-order chi connectivity index (χ0) is 18.8. The topological polar surface area (TPSA) is 79.1 Å². The molecule has 7 nitrogen and oxygen atoms in total. The van der Waals surface area contributed by atoms with Crippen molar-refractivity contribution in [2.24, 2.45) is 0 Å². The number of carbonyl (C=O) groups excluding carboxylic acids is 1. The van der Waals surface area contributed by atoms with Crippen molar-refractivity contribution in [1.82, 2.24) is 9.38 Å². The number of halogens is 1. The van der Waals surface area contributed by atoms with E-state index in [9.17, 15) is 9.59 Å². The van der Waals surface area contributed by atoms with Crippen molar-refractivity contribution in [3.05, 3.63) is 55.9 Å². The van der Waals surface area contributed by atoms with E-state index in [1.807, 2.05) is 12.3 Å². The highest BCUT2D eigenvalue weighted by Gasteiger charge is 2.17. The number of nitrogens with zero attached hydrogens (tertiary/aromatic N) is 2. The first-order valence-corrected chi connectivity index (χ1v) is 8.75. The fraction of sp³-hybridized carbons (Fsp3) is 0.235. The maximum atomic E-state index is 12.3. The van der Waals surface area contributed by atoms with E-state index in [1.165, 1.54) is 48.2 Å². The number of hydrogen-bond acceptors (Lipinski definition) is 7. The fourth-order valence-electron chi connectivity index (χ4n) is 2.43. The molecule has 0 spiro atoms. The van der Waals surface area contributed by atoms with Crippen molar-refractivity contribution in [3.63, 3.8) is 0 Å². The molecule has 0 atom stereocenters. The van der Waals surface area contributed by atoms with Gasteiger partial charge in [-0.3, -0.25) is 9.20 Å². The van der Waals surface area contributed by atoms with Gasteiger partial charge in [0.05, 0.1) is 30.5 Å². The van der Waals surface area contributed by atoms with Gasteiger partial charge in [0, 0.05) is 17.1 Å². The number of ether oxygens (including phenoxy) is 3. The monoisotopic (exact) mass is 394 g/mol. The van der Waals surface area contributed by atoms with E-state index in [2.05, 4.69) is 4.98 Å². The van der Waals surface area contributed by atoms with Gasteiger partial charge in [-0.1, -0.05) is 11.6 Å². The lowest BCUT2D eigenvalue weighted by atomic mass is 10.2. The molecule has 0 saturated carbocycles. The Morgan fingerprint density at radius 3 is 2.73 bits per heavy atom. The van der Waals surface area contributed by atoms with E-state index < -0.39 is 5.97 Å². The van der Waals surface area contributed by atoms with Gasteiger partial charge in [0.1, 0.15) is 6.61 Å². The normalized spacial score (nSPS) is 10.8. The molecule has 9 heteroatoms. The van der Waals surface area contributed by atoms with E-state index in [-0.39, 0.29) is 22.8 Å². The van der Waals surface area contributed by atoms with Gasteiger partial charge in [0.25, 0.3) is 5.56 Å². The molecular weight excluding hydrogens is 380 g/mol. The Balaban J connectivity index is 1.81. The smallest absolute Gasteiger partial charge is 0.338 e. The molecular formula is C17H15ClN2O5S. The molecule has 3 aromatic rings. The van der Waals surface area contributed by atoms with E-state index in [0.717, 1.165) is 5.69 Å². The van der Waals surface area contributed by atoms with Crippen LogP contribution in [0.25, 0.3) is 4.96 Å². The van der Waals surface area contributed by atoms with Gasteiger partial charge in [0.2, 0.25) is 0 Å². The maximum absolute atomic E-state index is 12.3. The van der Waals surface area contributed by atoms with Gasteiger partial charge in [-0.05, 0) is 19.1 Å². The molecule has 1 aromatic carbocycles. The van der Waals surface area contributed by atoms with Crippen molar-refractivity contribution in [2.75, 3.05) is 14.2 Å². The molecule has 0 N–H and O–H groups in total. The number of aromatic nitrogens is 2. The average molecular weight is 395 g/mol. The summed E-state index contributed by atoms with van der Waals surface area (Å²) in [5, 5.41) is 2.07. The van der Waals surface area contributed by atoms with Crippen LogP contribution in [0.4, 0.5) is 0 Å². The van der Waals surface area contributed by atoms with Crippen LogP contribution >= 0.6 is 22.9 Å². The summed E-state index contributed by atoms with van der Waals surface area (Å²) in [6.07, 6.45) is 0. The number of hydrogen-bond donors (Lipinski definition) is 0. The third kappa shape index (κ3) is 3.38. The minimum atomic E-state index is -0.614. The van der Waals surface area contributed by atoms with Gasteiger partial charge in [0.15, 0.2) is 16.5 Å². The first kappa shape index (κ1) is 18.2. The van der Waals surface area contributed by atoms with Crippen molar-refractivity contribution in [2.45, 2.75) is 13.5 Å².